The van der Waals surface area contributed by atoms with Crippen LogP contribution in [0.1, 0.15) is 13.8 Å². The van der Waals surface area contributed by atoms with E-state index in [1.54, 1.807) is 4.57 Å². The van der Waals surface area contributed by atoms with E-state index in [4.69, 9.17) is 9.47 Å². The number of halogens is 1. The molecule has 0 saturated carbocycles. The molecule has 2 rings (SSSR count). The Morgan fingerprint density at radius 2 is 1.92 bits per heavy atom. The summed E-state index contributed by atoms with van der Waals surface area (Å²) in [5.74, 6) is -0.455. The minimum atomic E-state index is -0.389. The number of carbonyl (C=O) groups is 2. The number of anilines is 1. The van der Waals surface area contributed by atoms with E-state index >= 15 is 0 Å². The van der Waals surface area contributed by atoms with E-state index < -0.39 is 0 Å². The van der Waals surface area contributed by atoms with Crippen LogP contribution in [0.15, 0.2) is 9.53 Å². The first-order valence-corrected chi connectivity index (χ1v) is 8.11. The van der Waals surface area contributed by atoms with Gasteiger partial charge in [-0.2, -0.15) is 4.98 Å². The fourth-order valence-corrected chi connectivity index (χ4v) is 2.50. The molecule has 10 nitrogen and oxygen atoms in total. The van der Waals surface area contributed by atoms with E-state index in [0.29, 0.717) is 4.73 Å². The number of fused-ring (bicyclic) bond motifs is 1. The van der Waals surface area contributed by atoms with Crippen molar-refractivity contribution in [1.29, 1.82) is 0 Å². The normalized spacial score (nSPS) is 10.9. The fraction of sp³-hybridized carbons (Fsp3) is 0.500. The van der Waals surface area contributed by atoms with Gasteiger partial charge in [0.15, 0.2) is 15.9 Å². The summed E-state index contributed by atoms with van der Waals surface area (Å²) in [5, 5.41) is 0. The van der Waals surface area contributed by atoms with Crippen molar-refractivity contribution in [2.24, 2.45) is 7.05 Å². The van der Waals surface area contributed by atoms with Crippen LogP contribution in [-0.2, 0) is 32.8 Å². The Morgan fingerprint density at radius 3 is 2.52 bits per heavy atom. The van der Waals surface area contributed by atoms with Crippen molar-refractivity contribution in [2.45, 2.75) is 20.6 Å². The predicted molar refractivity (Wildman–Crippen MR) is 92.1 cm³/mol. The number of carbonyl (C=O) groups excluding carboxylic acids is 2. The molecule has 0 fully saturated rings. The van der Waals surface area contributed by atoms with Gasteiger partial charge in [0.2, 0.25) is 11.9 Å². The molecular weight excluding hydrogens is 398 g/mol. The molecule has 2 aromatic rings. The van der Waals surface area contributed by atoms with Crippen LogP contribution in [0.25, 0.3) is 11.2 Å². The Labute approximate surface area is 151 Å². The summed E-state index contributed by atoms with van der Waals surface area (Å²) in [6, 6.07) is 0. The van der Waals surface area contributed by atoms with Crippen LogP contribution in [0, 0.1) is 0 Å². The first kappa shape index (κ1) is 19.1. The summed E-state index contributed by atoms with van der Waals surface area (Å²) in [4.78, 5) is 44.6. The maximum Gasteiger partial charge on any atom is 0.302 e. The molecule has 0 N–H and O–H groups in total. The SMILES string of the molecule is CC(=O)OCCOCn1c(Br)nc2c(=O)n(C)c(N(C)C(C)=O)nc21. The standard InChI is InChI=1S/C14H18BrN5O5/c1-8(21)18(3)14-17-11-10(12(23)19(14)4)16-13(15)20(11)7-24-5-6-25-9(2)22/h5-7H2,1-4H3. The highest BCUT2D eigenvalue weighted by atomic mass is 79.9. The van der Waals surface area contributed by atoms with Crippen molar-refractivity contribution in [3.05, 3.63) is 15.1 Å². The van der Waals surface area contributed by atoms with Crippen LogP contribution < -0.4 is 10.5 Å². The quantitative estimate of drug-likeness (QED) is 0.381. The summed E-state index contributed by atoms with van der Waals surface area (Å²) < 4.78 is 13.4. The second-order valence-electron chi connectivity index (χ2n) is 5.21. The number of esters is 1. The smallest absolute Gasteiger partial charge is 0.302 e. The van der Waals surface area contributed by atoms with E-state index in [0.717, 1.165) is 0 Å². The van der Waals surface area contributed by atoms with Crippen LogP contribution in [-0.4, -0.2) is 51.2 Å². The molecule has 0 aliphatic heterocycles. The number of nitrogens with zero attached hydrogens (tertiary/aromatic N) is 5. The lowest BCUT2D eigenvalue weighted by Crippen LogP contribution is -2.32. The van der Waals surface area contributed by atoms with Crippen LogP contribution in [0.2, 0.25) is 0 Å². The lowest BCUT2D eigenvalue weighted by Gasteiger charge is -2.17. The Kier molecular flexibility index (Phi) is 5.90. The number of rotatable bonds is 6. The lowest BCUT2D eigenvalue weighted by atomic mass is 10.5. The molecule has 2 heterocycles. The number of hydrogen-bond donors (Lipinski definition) is 0. The summed E-state index contributed by atoms with van der Waals surface area (Å²) >= 11 is 3.27. The third-order valence-corrected chi connectivity index (χ3v) is 4.04. The average Bonchev–Trinajstić information content (AvgIpc) is 2.85. The zero-order valence-corrected chi connectivity index (χ0v) is 15.9. The number of hydrogen-bond acceptors (Lipinski definition) is 7. The summed E-state index contributed by atoms with van der Waals surface area (Å²) in [6.45, 7) is 3.03. The summed E-state index contributed by atoms with van der Waals surface area (Å²) in [5.41, 5.74) is 0.0525. The van der Waals surface area contributed by atoms with Crippen molar-refractivity contribution >= 4 is 44.9 Å². The molecule has 2 aromatic heterocycles. The van der Waals surface area contributed by atoms with Gasteiger partial charge >= 0.3 is 5.97 Å². The van der Waals surface area contributed by atoms with Gasteiger partial charge in [-0.25, -0.2) is 4.98 Å². The van der Waals surface area contributed by atoms with Crippen molar-refractivity contribution in [2.75, 3.05) is 25.2 Å². The molecule has 1 amide bonds. The highest BCUT2D eigenvalue weighted by Gasteiger charge is 2.20. The van der Waals surface area contributed by atoms with Crippen LogP contribution >= 0.6 is 15.9 Å². The monoisotopic (exact) mass is 415 g/mol. The molecule has 0 aliphatic carbocycles. The second-order valence-corrected chi connectivity index (χ2v) is 5.92. The highest BCUT2D eigenvalue weighted by Crippen LogP contribution is 2.19. The zero-order chi connectivity index (χ0) is 18.7. The van der Waals surface area contributed by atoms with Gasteiger partial charge in [0.25, 0.3) is 5.56 Å². The zero-order valence-electron chi connectivity index (χ0n) is 14.3. The van der Waals surface area contributed by atoms with E-state index in [9.17, 15) is 14.4 Å². The maximum atomic E-state index is 12.5. The Hall–Kier alpha value is -2.27. The Bertz CT molecular complexity index is 875. The van der Waals surface area contributed by atoms with E-state index in [-0.39, 0.29) is 54.5 Å². The first-order chi connectivity index (χ1) is 11.7. The van der Waals surface area contributed by atoms with Gasteiger partial charge in [-0.15, -0.1) is 0 Å². The molecule has 0 aromatic carbocycles. The third-order valence-electron chi connectivity index (χ3n) is 3.43. The van der Waals surface area contributed by atoms with Gasteiger partial charge in [-0.05, 0) is 15.9 Å². The summed E-state index contributed by atoms with van der Waals surface area (Å²) in [7, 11) is 3.05. The molecule has 0 bridgehead atoms. The topological polar surface area (TPSA) is 109 Å². The van der Waals surface area contributed by atoms with Crippen LogP contribution in [0.4, 0.5) is 5.95 Å². The molecule has 0 unspecified atom stereocenters. The number of aromatic nitrogens is 4. The number of ether oxygens (including phenoxy) is 2. The second kappa shape index (κ2) is 7.74. The van der Waals surface area contributed by atoms with Gasteiger partial charge < -0.3 is 9.47 Å². The van der Waals surface area contributed by atoms with E-state index in [2.05, 4.69) is 25.9 Å². The summed E-state index contributed by atoms with van der Waals surface area (Å²) in [6.07, 6.45) is 0. The molecule has 0 spiro atoms. The van der Waals surface area contributed by atoms with Crippen molar-refractivity contribution in [3.63, 3.8) is 0 Å². The largest absolute Gasteiger partial charge is 0.463 e. The Morgan fingerprint density at radius 1 is 1.24 bits per heavy atom. The molecule has 0 atom stereocenters. The molecular formula is C14H18BrN5O5. The number of imidazole rings is 1. The van der Waals surface area contributed by atoms with Gasteiger partial charge in [-0.3, -0.25) is 28.4 Å². The van der Waals surface area contributed by atoms with Crippen molar-refractivity contribution < 1.29 is 19.1 Å². The molecule has 0 aliphatic rings. The molecule has 11 heteroatoms. The van der Waals surface area contributed by atoms with E-state index in [1.165, 1.54) is 37.4 Å². The van der Waals surface area contributed by atoms with Gasteiger partial charge in [-0.1, -0.05) is 0 Å². The minimum absolute atomic E-state index is 0.0434. The Balaban J connectivity index is 2.34. The van der Waals surface area contributed by atoms with Gasteiger partial charge in [0.05, 0.1) is 6.61 Å². The van der Waals surface area contributed by atoms with Crippen molar-refractivity contribution in [3.8, 4) is 0 Å². The van der Waals surface area contributed by atoms with Crippen molar-refractivity contribution in [1.82, 2.24) is 19.1 Å². The molecule has 0 radical (unpaired) electrons. The van der Waals surface area contributed by atoms with Crippen LogP contribution in [0.5, 0.6) is 0 Å². The molecule has 0 saturated heterocycles. The maximum absolute atomic E-state index is 12.5. The average molecular weight is 416 g/mol. The lowest BCUT2D eigenvalue weighted by molar-refractivity contribution is -0.142. The fourth-order valence-electron chi connectivity index (χ4n) is 2.05. The number of amides is 1. The molecule has 136 valence electrons. The molecule has 25 heavy (non-hydrogen) atoms. The highest BCUT2D eigenvalue weighted by molar-refractivity contribution is 9.10. The van der Waals surface area contributed by atoms with Gasteiger partial charge in [0.1, 0.15) is 13.3 Å². The van der Waals surface area contributed by atoms with Gasteiger partial charge in [0, 0.05) is 27.9 Å². The first-order valence-electron chi connectivity index (χ1n) is 7.32. The third kappa shape index (κ3) is 4.04. The van der Waals surface area contributed by atoms with E-state index in [1.807, 2.05) is 0 Å². The predicted octanol–water partition coefficient (Wildman–Crippen LogP) is 0.412. The minimum Gasteiger partial charge on any atom is -0.463 e. The van der Waals surface area contributed by atoms with Crippen LogP contribution in [0.3, 0.4) is 0 Å².